The minimum atomic E-state index is -3.49. The molecule has 2 N–H and O–H groups in total. The molecule has 0 aliphatic carbocycles. The Morgan fingerprint density at radius 3 is 2.83 bits per heavy atom. The van der Waals surface area contributed by atoms with Crippen LogP contribution < -0.4 is 14.8 Å². The van der Waals surface area contributed by atoms with Crippen molar-refractivity contribution >= 4 is 26.0 Å². The van der Waals surface area contributed by atoms with E-state index in [9.17, 15) is 8.42 Å². The number of halogens is 1. The summed E-state index contributed by atoms with van der Waals surface area (Å²) in [5.74, 6) is 0.614. The first kappa shape index (κ1) is 13.8. The third-order valence-corrected chi connectivity index (χ3v) is 5.31. The summed E-state index contributed by atoms with van der Waals surface area (Å²) >= 11 is 3.26. The van der Waals surface area contributed by atoms with Crippen LogP contribution in [0.25, 0.3) is 0 Å². The predicted molar refractivity (Wildman–Crippen MR) is 72.3 cm³/mol. The van der Waals surface area contributed by atoms with Gasteiger partial charge in [-0.2, -0.15) is 0 Å². The number of methoxy groups -OCH3 is 1. The zero-order valence-electron chi connectivity index (χ0n) is 9.94. The molecule has 1 fully saturated rings. The monoisotopic (exact) mass is 334 g/mol. The van der Waals surface area contributed by atoms with E-state index in [4.69, 9.17) is 4.74 Å². The van der Waals surface area contributed by atoms with Gasteiger partial charge in [-0.3, -0.25) is 0 Å². The number of hydrogen-bond donors (Lipinski definition) is 2. The van der Waals surface area contributed by atoms with E-state index in [0.29, 0.717) is 16.8 Å². The molecule has 1 aromatic rings. The van der Waals surface area contributed by atoms with Crippen LogP contribution in [-0.4, -0.2) is 34.7 Å². The van der Waals surface area contributed by atoms with Crippen molar-refractivity contribution in [3.05, 3.63) is 22.7 Å². The average Bonchev–Trinajstić information content (AvgIpc) is 2.80. The molecule has 0 spiro atoms. The van der Waals surface area contributed by atoms with E-state index >= 15 is 0 Å². The second-order valence-corrected chi connectivity index (χ2v) is 6.64. The van der Waals surface area contributed by atoms with E-state index in [1.807, 2.05) is 0 Å². The molecule has 0 bridgehead atoms. The number of sulfonamides is 1. The Morgan fingerprint density at radius 2 is 2.28 bits per heavy atom. The van der Waals surface area contributed by atoms with E-state index in [1.54, 1.807) is 19.2 Å². The van der Waals surface area contributed by atoms with Gasteiger partial charge in [0.05, 0.1) is 12.0 Å². The first-order chi connectivity index (χ1) is 8.53. The lowest BCUT2D eigenvalue weighted by molar-refractivity contribution is 0.414. The molecule has 1 aliphatic heterocycles. The highest BCUT2D eigenvalue weighted by Crippen LogP contribution is 2.26. The molecule has 1 aliphatic rings. The van der Waals surface area contributed by atoms with Gasteiger partial charge < -0.3 is 10.1 Å². The van der Waals surface area contributed by atoms with Gasteiger partial charge in [0, 0.05) is 17.1 Å². The second-order valence-electron chi connectivity index (χ2n) is 4.11. The summed E-state index contributed by atoms with van der Waals surface area (Å²) in [6, 6.07) is 4.77. The highest BCUT2D eigenvalue weighted by atomic mass is 79.9. The first-order valence-electron chi connectivity index (χ1n) is 5.59. The van der Waals surface area contributed by atoms with Gasteiger partial charge in [0.25, 0.3) is 0 Å². The topological polar surface area (TPSA) is 67.4 Å². The van der Waals surface area contributed by atoms with Crippen LogP contribution in [0.15, 0.2) is 27.6 Å². The third-order valence-electron chi connectivity index (χ3n) is 2.81. The summed E-state index contributed by atoms with van der Waals surface area (Å²) in [6.45, 7) is 1.52. The Labute approximate surface area is 115 Å². The van der Waals surface area contributed by atoms with Gasteiger partial charge in [0.1, 0.15) is 5.75 Å². The number of rotatable bonds is 4. The van der Waals surface area contributed by atoms with E-state index in [2.05, 4.69) is 26.0 Å². The SMILES string of the molecule is COc1ccc(S(=O)(=O)NC2CCNC2)c(Br)c1. The molecule has 7 heteroatoms. The lowest BCUT2D eigenvalue weighted by Crippen LogP contribution is -2.36. The quantitative estimate of drug-likeness (QED) is 0.865. The first-order valence-corrected chi connectivity index (χ1v) is 7.87. The average molecular weight is 335 g/mol. The smallest absolute Gasteiger partial charge is 0.241 e. The van der Waals surface area contributed by atoms with Gasteiger partial charge in [-0.05, 0) is 47.1 Å². The van der Waals surface area contributed by atoms with Crippen molar-refractivity contribution in [1.82, 2.24) is 10.0 Å². The lowest BCUT2D eigenvalue weighted by atomic mass is 10.3. The third kappa shape index (κ3) is 3.03. The molecule has 1 heterocycles. The zero-order valence-corrected chi connectivity index (χ0v) is 12.3. The van der Waals surface area contributed by atoms with Crippen LogP contribution >= 0.6 is 15.9 Å². The normalized spacial score (nSPS) is 20.0. The summed E-state index contributed by atoms with van der Waals surface area (Å²) in [4.78, 5) is 0.232. The number of ether oxygens (including phenoxy) is 1. The molecule has 1 saturated heterocycles. The van der Waals surface area contributed by atoms with Crippen molar-refractivity contribution in [3.8, 4) is 5.75 Å². The summed E-state index contributed by atoms with van der Waals surface area (Å²) in [7, 11) is -1.95. The van der Waals surface area contributed by atoms with Crippen molar-refractivity contribution in [2.45, 2.75) is 17.4 Å². The number of benzene rings is 1. The van der Waals surface area contributed by atoms with Gasteiger partial charge in [-0.15, -0.1) is 0 Å². The fourth-order valence-corrected chi connectivity index (χ4v) is 4.19. The maximum atomic E-state index is 12.2. The minimum absolute atomic E-state index is 0.0380. The van der Waals surface area contributed by atoms with E-state index in [0.717, 1.165) is 13.0 Å². The molecule has 0 aromatic heterocycles. The number of hydrogen-bond acceptors (Lipinski definition) is 4. The van der Waals surface area contributed by atoms with E-state index in [1.165, 1.54) is 6.07 Å². The lowest BCUT2D eigenvalue weighted by Gasteiger charge is -2.13. The fourth-order valence-electron chi connectivity index (χ4n) is 1.86. The Kier molecular flexibility index (Phi) is 4.26. The number of nitrogens with one attached hydrogen (secondary N) is 2. The Bertz CT molecular complexity index is 527. The molecule has 0 saturated carbocycles. The van der Waals surface area contributed by atoms with Crippen molar-refractivity contribution in [3.63, 3.8) is 0 Å². The minimum Gasteiger partial charge on any atom is -0.497 e. The second kappa shape index (κ2) is 5.56. The standard InChI is InChI=1S/C11H15BrN2O3S/c1-17-9-2-3-11(10(12)6-9)18(15,16)14-8-4-5-13-7-8/h2-3,6,8,13-14H,4-5,7H2,1H3. The predicted octanol–water partition coefficient (Wildman–Crippen LogP) is 1.10. The Balaban J connectivity index is 2.23. The van der Waals surface area contributed by atoms with Crippen LogP contribution in [0.4, 0.5) is 0 Å². The van der Waals surface area contributed by atoms with Crippen LogP contribution in [0.5, 0.6) is 5.75 Å². The van der Waals surface area contributed by atoms with E-state index in [-0.39, 0.29) is 10.9 Å². The van der Waals surface area contributed by atoms with Crippen LogP contribution in [0.1, 0.15) is 6.42 Å². The maximum Gasteiger partial charge on any atom is 0.241 e. The largest absolute Gasteiger partial charge is 0.497 e. The Hall–Kier alpha value is -0.630. The van der Waals surface area contributed by atoms with Crippen LogP contribution in [0, 0.1) is 0 Å². The molecule has 18 heavy (non-hydrogen) atoms. The van der Waals surface area contributed by atoms with E-state index < -0.39 is 10.0 Å². The van der Waals surface area contributed by atoms with Gasteiger partial charge in [-0.1, -0.05) is 0 Å². The molecule has 100 valence electrons. The van der Waals surface area contributed by atoms with Gasteiger partial charge >= 0.3 is 0 Å². The summed E-state index contributed by atoms with van der Waals surface area (Å²) < 4.78 is 32.6. The van der Waals surface area contributed by atoms with Gasteiger partial charge in [0.2, 0.25) is 10.0 Å². The molecule has 0 radical (unpaired) electrons. The molecule has 1 unspecified atom stereocenters. The summed E-state index contributed by atoms with van der Waals surface area (Å²) in [5, 5.41) is 3.12. The van der Waals surface area contributed by atoms with Crippen molar-refractivity contribution in [2.24, 2.45) is 0 Å². The summed E-state index contributed by atoms with van der Waals surface area (Å²) in [5.41, 5.74) is 0. The Morgan fingerprint density at radius 1 is 1.50 bits per heavy atom. The van der Waals surface area contributed by atoms with Crippen molar-refractivity contribution in [2.75, 3.05) is 20.2 Å². The molecule has 2 rings (SSSR count). The van der Waals surface area contributed by atoms with Crippen LogP contribution in [0.3, 0.4) is 0 Å². The summed E-state index contributed by atoms with van der Waals surface area (Å²) in [6.07, 6.45) is 0.813. The fraction of sp³-hybridized carbons (Fsp3) is 0.455. The van der Waals surface area contributed by atoms with Crippen LogP contribution in [0.2, 0.25) is 0 Å². The highest BCUT2D eigenvalue weighted by Gasteiger charge is 2.24. The molecule has 1 atom stereocenters. The highest BCUT2D eigenvalue weighted by molar-refractivity contribution is 9.10. The molecular formula is C11H15BrN2O3S. The zero-order chi connectivity index (χ0) is 13.2. The van der Waals surface area contributed by atoms with Gasteiger partial charge in [0.15, 0.2) is 0 Å². The maximum absolute atomic E-state index is 12.2. The van der Waals surface area contributed by atoms with Gasteiger partial charge in [-0.25, -0.2) is 13.1 Å². The van der Waals surface area contributed by atoms with Crippen molar-refractivity contribution in [1.29, 1.82) is 0 Å². The molecule has 5 nitrogen and oxygen atoms in total. The molecular weight excluding hydrogens is 320 g/mol. The van der Waals surface area contributed by atoms with Crippen LogP contribution in [-0.2, 0) is 10.0 Å². The molecule has 1 aromatic carbocycles. The molecule has 0 amide bonds. The van der Waals surface area contributed by atoms with Crippen molar-refractivity contribution < 1.29 is 13.2 Å².